The molecule has 0 aromatic heterocycles. The number of carbonyl (C=O) groups is 1. The summed E-state index contributed by atoms with van der Waals surface area (Å²) in [6.07, 6.45) is 0. The third-order valence-electron chi connectivity index (χ3n) is 2.95. The zero-order chi connectivity index (χ0) is 16.9. The molecule has 0 unspecified atom stereocenters. The molecule has 0 saturated carbocycles. The number of para-hydroxylation sites is 2. The predicted octanol–water partition coefficient (Wildman–Crippen LogP) is 1.79. The average molecular weight is 336 g/mol. The Morgan fingerprint density at radius 2 is 1.78 bits per heavy atom. The number of carbonyl (C=O) groups excluding carboxylic acids is 1. The van der Waals surface area contributed by atoms with Crippen molar-refractivity contribution in [2.45, 2.75) is 4.90 Å². The number of sulfonamides is 1. The highest BCUT2D eigenvalue weighted by atomic mass is 32.2. The Morgan fingerprint density at radius 1 is 1.04 bits per heavy atom. The maximum Gasteiger partial charge on any atom is 0.274 e. The molecule has 0 bridgehead atoms. The Kier molecular flexibility index (Phi) is 5.20. The monoisotopic (exact) mass is 336 g/mol. The van der Waals surface area contributed by atoms with E-state index < -0.39 is 15.9 Å². The number of hydroxylamine groups is 1. The van der Waals surface area contributed by atoms with Crippen LogP contribution in [0.5, 0.6) is 5.75 Å². The van der Waals surface area contributed by atoms with Crippen molar-refractivity contribution >= 4 is 21.6 Å². The summed E-state index contributed by atoms with van der Waals surface area (Å²) in [5.74, 6) is -0.147. The minimum atomic E-state index is -3.87. The molecular formula is C15H16N2O5S. The summed E-state index contributed by atoms with van der Waals surface area (Å²) >= 11 is 0. The van der Waals surface area contributed by atoms with Crippen LogP contribution in [0.4, 0.5) is 5.69 Å². The van der Waals surface area contributed by atoms with Crippen molar-refractivity contribution in [1.82, 2.24) is 5.48 Å². The molecule has 0 fully saturated rings. The highest BCUT2D eigenvalue weighted by Crippen LogP contribution is 2.26. The van der Waals surface area contributed by atoms with Gasteiger partial charge in [-0.15, -0.1) is 0 Å². The predicted molar refractivity (Wildman–Crippen MR) is 84.7 cm³/mol. The smallest absolute Gasteiger partial charge is 0.274 e. The molecule has 0 aliphatic heterocycles. The van der Waals surface area contributed by atoms with Crippen LogP contribution < -0.4 is 14.9 Å². The Hall–Kier alpha value is -2.58. The van der Waals surface area contributed by atoms with Crippen LogP contribution in [-0.2, 0) is 14.9 Å². The van der Waals surface area contributed by atoms with E-state index in [1.54, 1.807) is 24.3 Å². The summed E-state index contributed by atoms with van der Waals surface area (Å²) in [6.45, 7) is 0. The first kappa shape index (κ1) is 16.8. The molecule has 2 N–H and O–H groups in total. The lowest BCUT2D eigenvalue weighted by molar-refractivity contribution is 0.0537. The maximum atomic E-state index is 12.5. The van der Waals surface area contributed by atoms with E-state index in [0.29, 0.717) is 11.4 Å². The summed E-state index contributed by atoms with van der Waals surface area (Å²) in [5.41, 5.74) is 2.60. The standard InChI is InChI=1S/C15H16N2O5S/c1-21-14-9-4-3-8-13(14)17-23(19,20)12-7-5-6-11(10-12)15(18)16-22-2/h3-10,17H,1-2H3,(H,16,18). The molecule has 0 heterocycles. The van der Waals surface area contributed by atoms with Crippen LogP contribution in [0.15, 0.2) is 53.4 Å². The van der Waals surface area contributed by atoms with Crippen LogP contribution in [0.3, 0.4) is 0 Å². The van der Waals surface area contributed by atoms with Crippen LogP contribution in [-0.4, -0.2) is 28.5 Å². The number of nitrogens with one attached hydrogen (secondary N) is 2. The second-order valence-corrected chi connectivity index (χ2v) is 6.15. The minimum Gasteiger partial charge on any atom is -0.495 e. The summed E-state index contributed by atoms with van der Waals surface area (Å²) in [7, 11) is -1.13. The molecule has 2 aromatic rings. The number of anilines is 1. The zero-order valence-corrected chi connectivity index (χ0v) is 13.4. The highest BCUT2D eigenvalue weighted by Gasteiger charge is 2.18. The van der Waals surface area contributed by atoms with Crippen LogP contribution >= 0.6 is 0 Å². The molecule has 0 aliphatic carbocycles. The van der Waals surface area contributed by atoms with Gasteiger partial charge in [0.1, 0.15) is 5.75 Å². The normalized spacial score (nSPS) is 10.9. The van der Waals surface area contributed by atoms with Crippen molar-refractivity contribution in [3.05, 3.63) is 54.1 Å². The number of benzene rings is 2. The first-order chi connectivity index (χ1) is 11.0. The lowest BCUT2D eigenvalue weighted by Gasteiger charge is -2.12. The van der Waals surface area contributed by atoms with Crippen molar-refractivity contribution in [3.63, 3.8) is 0 Å². The van der Waals surface area contributed by atoms with Gasteiger partial charge >= 0.3 is 0 Å². The van der Waals surface area contributed by atoms with Crippen LogP contribution in [0.2, 0.25) is 0 Å². The second-order valence-electron chi connectivity index (χ2n) is 4.47. The van der Waals surface area contributed by atoms with Gasteiger partial charge in [0.25, 0.3) is 15.9 Å². The maximum absolute atomic E-state index is 12.5. The number of hydrogen-bond acceptors (Lipinski definition) is 5. The van der Waals surface area contributed by atoms with E-state index in [1.807, 2.05) is 0 Å². The molecule has 0 aliphatic rings. The highest BCUT2D eigenvalue weighted by molar-refractivity contribution is 7.92. The van der Waals surface area contributed by atoms with Gasteiger partial charge in [-0.1, -0.05) is 18.2 Å². The van der Waals surface area contributed by atoms with Gasteiger partial charge in [0.05, 0.1) is 24.8 Å². The summed E-state index contributed by atoms with van der Waals surface area (Å²) < 4.78 is 32.5. The Labute approximate surface area is 134 Å². The quantitative estimate of drug-likeness (QED) is 0.784. The third kappa shape index (κ3) is 3.99. The molecule has 0 spiro atoms. The molecule has 122 valence electrons. The molecule has 1 amide bonds. The SMILES string of the molecule is CONC(=O)c1cccc(S(=O)(=O)Nc2ccccc2OC)c1. The number of rotatable bonds is 6. The van der Waals surface area contributed by atoms with E-state index in [-0.39, 0.29) is 10.5 Å². The summed E-state index contributed by atoms with van der Waals surface area (Å²) in [5, 5.41) is 0. The number of methoxy groups -OCH3 is 1. The first-order valence-corrected chi connectivity index (χ1v) is 8.05. The van der Waals surface area contributed by atoms with Crippen LogP contribution in [0, 0.1) is 0 Å². The van der Waals surface area contributed by atoms with E-state index in [9.17, 15) is 13.2 Å². The van der Waals surface area contributed by atoms with Gasteiger partial charge in [-0.05, 0) is 30.3 Å². The molecule has 2 aromatic carbocycles. The lowest BCUT2D eigenvalue weighted by Crippen LogP contribution is -2.22. The van der Waals surface area contributed by atoms with E-state index in [0.717, 1.165) is 0 Å². The topological polar surface area (TPSA) is 93.7 Å². The fourth-order valence-corrected chi connectivity index (χ4v) is 3.00. The molecule has 8 heteroatoms. The Balaban J connectivity index is 2.33. The summed E-state index contributed by atoms with van der Waals surface area (Å²) in [6, 6.07) is 12.2. The molecule has 0 saturated heterocycles. The van der Waals surface area contributed by atoms with E-state index in [2.05, 4.69) is 15.0 Å². The van der Waals surface area contributed by atoms with E-state index in [4.69, 9.17) is 4.74 Å². The first-order valence-electron chi connectivity index (χ1n) is 6.57. The van der Waals surface area contributed by atoms with Crippen LogP contribution in [0.1, 0.15) is 10.4 Å². The van der Waals surface area contributed by atoms with Gasteiger partial charge in [-0.25, -0.2) is 13.9 Å². The minimum absolute atomic E-state index is 0.0489. The van der Waals surface area contributed by atoms with Gasteiger partial charge in [0.15, 0.2) is 0 Å². The van der Waals surface area contributed by atoms with Crippen molar-refractivity contribution < 1.29 is 22.8 Å². The molecular weight excluding hydrogens is 320 g/mol. The average Bonchev–Trinajstić information content (AvgIpc) is 2.55. The van der Waals surface area contributed by atoms with E-state index >= 15 is 0 Å². The lowest BCUT2D eigenvalue weighted by atomic mass is 10.2. The largest absolute Gasteiger partial charge is 0.495 e. The number of amides is 1. The van der Waals surface area contributed by atoms with Gasteiger partial charge in [0, 0.05) is 5.56 Å². The second kappa shape index (κ2) is 7.12. The third-order valence-corrected chi connectivity index (χ3v) is 4.32. The van der Waals surface area contributed by atoms with Crippen molar-refractivity contribution in [2.75, 3.05) is 18.9 Å². The molecule has 23 heavy (non-hydrogen) atoms. The van der Waals surface area contributed by atoms with Crippen molar-refractivity contribution in [1.29, 1.82) is 0 Å². The zero-order valence-electron chi connectivity index (χ0n) is 12.6. The van der Waals surface area contributed by atoms with Crippen molar-refractivity contribution in [3.8, 4) is 5.75 Å². The number of hydrogen-bond donors (Lipinski definition) is 2. The van der Waals surface area contributed by atoms with Gasteiger partial charge in [-0.3, -0.25) is 14.4 Å². The van der Waals surface area contributed by atoms with Crippen LogP contribution in [0.25, 0.3) is 0 Å². The summed E-state index contributed by atoms with van der Waals surface area (Å²) in [4.78, 5) is 16.2. The fraction of sp³-hybridized carbons (Fsp3) is 0.133. The van der Waals surface area contributed by atoms with Gasteiger partial charge < -0.3 is 4.74 Å². The Morgan fingerprint density at radius 3 is 2.48 bits per heavy atom. The van der Waals surface area contributed by atoms with Gasteiger partial charge in [0.2, 0.25) is 0 Å². The Bertz CT molecular complexity index is 805. The van der Waals surface area contributed by atoms with Crippen molar-refractivity contribution in [2.24, 2.45) is 0 Å². The molecule has 2 rings (SSSR count). The number of ether oxygens (including phenoxy) is 1. The molecule has 0 atom stereocenters. The van der Waals surface area contributed by atoms with Gasteiger partial charge in [-0.2, -0.15) is 0 Å². The fourth-order valence-electron chi connectivity index (χ4n) is 1.89. The van der Waals surface area contributed by atoms with E-state index in [1.165, 1.54) is 38.5 Å². The molecule has 0 radical (unpaired) electrons. The molecule has 7 nitrogen and oxygen atoms in total.